The molecule has 134 valence electrons. The van der Waals surface area contributed by atoms with Gasteiger partial charge in [-0.3, -0.25) is 0 Å². The van der Waals surface area contributed by atoms with Gasteiger partial charge in [-0.2, -0.15) is 0 Å². The van der Waals surface area contributed by atoms with Crippen molar-refractivity contribution >= 4 is 15.5 Å². The van der Waals surface area contributed by atoms with E-state index >= 15 is 0 Å². The maximum atomic E-state index is 13.2. The molecule has 0 aliphatic rings. The average Bonchev–Trinajstić information content (AvgIpc) is 2.63. The van der Waals surface area contributed by atoms with Crippen molar-refractivity contribution in [1.29, 1.82) is 0 Å². The summed E-state index contributed by atoms with van der Waals surface area (Å²) in [5.41, 5.74) is 3.03. The summed E-state index contributed by atoms with van der Waals surface area (Å²) in [6.45, 7) is 1.25. The number of rotatable bonds is 6. The lowest BCUT2D eigenvalue weighted by Crippen LogP contribution is -2.22. The van der Waals surface area contributed by atoms with Crippen LogP contribution >= 0.6 is 0 Å². The molecule has 0 saturated carbocycles. The molecule has 0 spiro atoms. The summed E-state index contributed by atoms with van der Waals surface area (Å²) in [4.78, 5) is 2.43. The summed E-state index contributed by atoms with van der Waals surface area (Å²) in [6, 6.07) is 23.3. The van der Waals surface area contributed by atoms with E-state index in [9.17, 15) is 12.8 Å². The van der Waals surface area contributed by atoms with Crippen molar-refractivity contribution in [2.45, 2.75) is 18.0 Å². The fourth-order valence-electron chi connectivity index (χ4n) is 2.76. The molecule has 0 aliphatic carbocycles. The van der Waals surface area contributed by atoms with Gasteiger partial charge in [0.15, 0.2) is 9.84 Å². The molecule has 5 heteroatoms. The molecule has 0 bridgehead atoms. The number of benzene rings is 3. The SMILES string of the molecule is CS(=O)(=O)c1ccc(N(Cc2ccccc2)Cc2ccc(F)cc2)cc1. The molecule has 0 fully saturated rings. The van der Waals surface area contributed by atoms with E-state index in [1.165, 1.54) is 18.4 Å². The fourth-order valence-corrected chi connectivity index (χ4v) is 3.39. The van der Waals surface area contributed by atoms with E-state index in [1.807, 2.05) is 42.5 Å². The predicted molar refractivity (Wildman–Crippen MR) is 102 cm³/mol. The van der Waals surface area contributed by atoms with Crippen LogP contribution in [0.2, 0.25) is 0 Å². The normalized spacial score (nSPS) is 11.3. The number of halogens is 1. The van der Waals surface area contributed by atoms with Gasteiger partial charge in [-0.05, 0) is 47.5 Å². The summed E-state index contributed by atoms with van der Waals surface area (Å²) in [6.07, 6.45) is 1.20. The fraction of sp³-hybridized carbons (Fsp3) is 0.143. The minimum Gasteiger partial charge on any atom is -0.363 e. The molecular weight excluding hydrogens is 349 g/mol. The first kappa shape index (κ1) is 18.1. The number of anilines is 1. The minimum atomic E-state index is -3.23. The number of hydrogen-bond donors (Lipinski definition) is 0. The van der Waals surface area contributed by atoms with Crippen LogP contribution in [0.25, 0.3) is 0 Å². The quantitative estimate of drug-likeness (QED) is 0.645. The van der Waals surface area contributed by atoms with Crippen LogP contribution in [0.1, 0.15) is 11.1 Å². The minimum absolute atomic E-state index is 0.263. The van der Waals surface area contributed by atoms with Gasteiger partial charge in [0, 0.05) is 25.0 Å². The maximum absolute atomic E-state index is 13.2. The zero-order chi connectivity index (χ0) is 18.6. The molecule has 0 unspecified atom stereocenters. The van der Waals surface area contributed by atoms with Gasteiger partial charge in [0.1, 0.15) is 5.82 Å². The van der Waals surface area contributed by atoms with Gasteiger partial charge in [0.05, 0.1) is 4.90 Å². The van der Waals surface area contributed by atoms with Crippen molar-refractivity contribution in [2.75, 3.05) is 11.2 Å². The highest BCUT2D eigenvalue weighted by Crippen LogP contribution is 2.22. The summed E-state index contributed by atoms with van der Waals surface area (Å²) in [5, 5.41) is 0. The van der Waals surface area contributed by atoms with Crippen LogP contribution in [0.4, 0.5) is 10.1 Å². The summed E-state index contributed by atoms with van der Waals surface area (Å²) in [7, 11) is -3.23. The molecule has 3 rings (SSSR count). The Morgan fingerprint density at radius 2 is 1.31 bits per heavy atom. The second-order valence-electron chi connectivity index (χ2n) is 6.23. The first-order chi connectivity index (χ1) is 12.4. The van der Waals surface area contributed by atoms with Crippen LogP contribution in [0, 0.1) is 5.82 Å². The second-order valence-corrected chi connectivity index (χ2v) is 8.25. The van der Waals surface area contributed by atoms with Crippen molar-refractivity contribution in [3.8, 4) is 0 Å². The molecule has 0 heterocycles. The Kier molecular flexibility index (Phi) is 5.38. The lowest BCUT2D eigenvalue weighted by molar-refractivity contribution is 0.602. The topological polar surface area (TPSA) is 37.4 Å². The molecule has 0 aliphatic heterocycles. The monoisotopic (exact) mass is 369 g/mol. The standard InChI is InChI=1S/C21H20FNO2S/c1-26(24,25)21-13-11-20(12-14-21)23(15-17-5-3-2-4-6-17)16-18-7-9-19(22)10-8-18/h2-14H,15-16H2,1H3. The van der Waals surface area contributed by atoms with Gasteiger partial charge in [0.25, 0.3) is 0 Å². The molecule has 0 saturated heterocycles. The molecule has 0 atom stereocenters. The van der Waals surface area contributed by atoms with E-state index in [2.05, 4.69) is 4.90 Å². The first-order valence-corrected chi connectivity index (χ1v) is 10.1. The highest BCUT2D eigenvalue weighted by Gasteiger charge is 2.11. The van der Waals surface area contributed by atoms with Gasteiger partial charge >= 0.3 is 0 Å². The largest absolute Gasteiger partial charge is 0.363 e. The van der Waals surface area contributed by atoms with E-state index in [0.717, 1.165) is 16.8 Å². The van der Waals surface area contributed by atoms with Crippen molar-refractivity contribution in [1.82, 2.24) is 0 Å². The Morgan fingerprint density at radius 1 is 0.769 bits per heavy atom. The van der Waals surface area contributed by atoms with Crippen LogP contribution in [0.3, 0.4) is 0 Å². The molecule has 0 N–H and O–H groups in total. The van der Waals surface area contributed by atoms with Crippen molar-refractivity contribution in [3.05, 3.63) is 95.8 Å². The smallest absolute Gasteiger partial charge is 0.175 e. The second kappa shape index (κ2) is 7.70. The molecule has 3 nitrogen and oxygen atoms in total. The third-order valence-corrected chi connectivity index (χ3v) is 5.26. The van der Waals surface area contributed by atoms with Crippen molar-refractivity contribution in [3.63, 3.8) is 0 Å². The van der Waals surface area contributed by atoms with E-state index in [0.29, 0.717) is 18.0 Å². The van der Waals surface area contributed by atoms with Crippen LogP contribution in [-0.2, 0) is 22.9 Å². The molecule has 0 amide bonds. The Bertz CT molecular complexity index is 953. The first-order valence-electron chi connectivity index (χ1n) is 8.25. The Hall–Kier alpha value is -2.66. The number of sulfone groups is 1. The van der Waals surface area contributed by atoms with Crippen LogP contribution < -0.4 is 4.90 Å². The highest BCUT2D eigenvalue weighted by molar-refractivity contribution is 7.90. The molecule has 3 aromatic carbocycles. The lowest BCUT2D eigenvalue weighted by Gasteiger charge is -2.25. The summed E-state index contributed by atoms with van der Waals surface area (Å²) in [5.74, 6) is -0.263. The third-order valence-electron chi connectivity index (χ3n) is 4.13. The van der Waals surface area contributed by atoms with Crippen LogP contribution in [0.15, 0.2) is 83.8 Å². The van der Waals surface area contributed by atoms with Crippen LogP contribution in [0.5, 0.6) is 0 Å². The summed E-state index contributed by atoms with van der Waals surface area (Å²) >= 11 is 0. The van der Waals surface area contributed by atoms with Crippen molar-refractivity contribution < 1.29 is 12.8 Å². The molecule has 0 aromatic heterocycles. The molecule has 3 aromatic rings. The van der Waals surface area contributed by atoms with Crippen LogP contribution in [-0.4, -0.2) is 14.7 Å². The predicted octanol–water partition coefficient (Wildman–Crippen LogP) is 4.44. The Balaban J connectivity index is 1.90. The molecule has 0 radical (unpaired) electrons. The molecular formula is C21H20FNO2S. The third kappa shape index (κ3) is 4.70. The van der Waals surface area contributed by atoms with Gasteiger partial charge < -0.3 is 4.90 Å². The van der Waals surface area contributed by atoms with Crippen molar-refractivity contribution in [2.24, 2.45) is 0 Å². The zero-order valence-corrected chi connectivity index (χ0v) is 15.3. The zero-order valence-electron chi connectivity index (χ0n) is 14.5. The van der Waals surface area contributed by atoms with E-state index in [1.54, 1.807) is 24.3 Å². The van der Waals surface area contributed by atoms with E-state index in [-0.39, 0.29) is 5.82 Å². The van der Waals surface area contributed by atoms with Gasteiger partial charge in [-0.25, -0.2) is 12.8 Å². The van der Waals surface area contributed by atoms with Gasteiger partial charge in [-0.1, -0.05) is 42.5 Å². The Labute approximate surface area is 153 Å². The lowest BCUT2D eigenvalue weighted by atomic mass is 10.1. The molecule has 26 heavy (non-hydrogen) atoms. The highest BCUT2D eigenvalue weighted by atomic mass is 32.2. The Morgan fingerprint density at radius 3 is 1.85 bits per heavy atom. The average molecular weight is 369 g/mol. The number of nitrogens with zero attached hydrogens (tertiary/aromatic N) is 1. The summed E-state index contributed by atoms with van der Waals surface area (Å²) < 4.78 is 36.5. The van der Waals surface area contributed by atoms with Gasteiger partial charge in [-0.15, -0.1) is 0 Å². The number of hydrogen-bond acceptors (Lipinski definition) is 3. The van der Waals surface area contributed by atoms with E-state index in [4.69, 9.17) is 0 Å². The van der Waals surface area contributed by atoms with E-state index < -0.39 is 9.84 Å². The maximum Gasteiger partial charge on any atom is 0.175 e. The van der Waals surface area contributed by atoms with Gasteiger partial charge in [0.2, 0.25) is 0 Å².